The maximum Gasteiger partial charge on any atom is 0.246 e. The summed E-state index contributed by atoms with van der Waals surface area (Å²) in [4.78, 5) is 0.195. The molecule has 118 valence electrons. The molecule has 1 aromatic rings. The summed E-state index contributed by atoms with van der Waals surface area (Å²) in [5.74, 6) is 0.590. The molecule has 0 bridgehead atoms. The third-order valence-electron chi connectivity index (χ3n) is 3.73. The van der Waals surface area contributed by atoms with E-state index in [-0.39, 0.29) is 10.8 Å². The third-order valence-corrected chi connectivity index (χ3v) is 5.64. The molecule has 0 amide bonds. The standard InChI is InChI=1S/C14H22N2O4S/c1-19-10-12-5-6-16(9-12)21(17,18)14-4-3-11(8-15)7-13(14)20-2/h3-4,7,12H,5-6,8-10,15H2,1-2H3. The summed E-state index contributed by atoms with van der Waals surface area (Å²) in [6.45, 7) is 1.92. The van der Waals surface area contributed by atoms with Gasteiger partial charge in [0.1, 0.15) is 10.6 Å². The molecule has 21 heavy (non-hydrogen) atoms. The predicted octanol–water partition coefficient (Wildman–Crippen LogP) is 0.811. The molecule has 1 saturated heterocycles. The molecular weight excluding hydrogens is 292 g/mol. The Balaban J connectivity index is 2.28. The topological polar surface area (TPSA) is 81.9 Å². The third kappa shape index (κ3) is 3.37. The van der Waals surface area contributed by atoms with Crippen LogP contribution in [0.3, 0.4) is 0 Å². The number of sulfonamides is 1. The van der Waals surface area contributed by atoms with Gasteiger partial charge in [0.25, 0.3) is 0 Å². The van der Waals surface area contributed by atoms with Crippen LogP contribution in [0, 0.1) is 5.92 Å². The summed E-state index contributed by atoms with van der Waals surface area (Å²) >= 11 is 0. The maximum atomic E-state index is 12.7. The van der Waals surface area contributed by atoms with Crippen molar-refractivity contribution in [3.63, 3.8) is 0 Å². The second kappa shape index (κ2) is 6.74. The Morgan fingerprint density at radius 3 is 2.76 bits per heavy atom. The molecule has 2 rings (SSSR count). The summed E-state index contributed by atoms with van der Waals surface area (Å²) in [7, 11) is -0.450. The first-order chi connectivity index (χ1) is 10.0. The Kier molecular flexibility index (Phi) is 5.21. The van der Waals surface area contributed by atoms with Crippen molar-refractivity contribution in [2.45, 2.75) is 17.9 Å². The van der Waals surface area contributed by atoms with Crippen LogP contribution in [0.2, 0.25) is 0 Å². The van der Waals surface area contributed by atoms with Crippen LogP contribution in [0.5, 0.6) is 5.75 Å². The molecule has 2 N–H and O–H groups in total. The van der Waals surface area contributed by atoms with E-state index in [1.54, 1.807) is 25.3 Å². The molecule has 1 aromatic carbocycles. The fourth-order valence-electron chi connectivity index (χ4n) is 2.58. The van der Waals surface area contributed by atoms with Crippen LogP contribution in [-0.4, -0.2) is 46.6 Å². The van der Waals surface area contributed by atoms with Gasteiger partial charge in [0, 0.05) is 26.7 Å². The Bertz CT molecular complexity index is 589. The summed E-state index contributed by atoms with van der Waals surface area (Å²) in [5, 5.41) is 0. The lowest BCUT2D eigenvalue weighted by Crippen LogP contribution is -2.29. The van der Waals surface area contributed by atoms with E-state index >= 15 is 0 Å². The minimum atomic E-state index is -3.55. The molecule has 1 fully saturated rings. The summed E-state index contributed by atoms with van der Waals surface area (Å²) < 4.78 is 37.3. The monoisotopic (exact) mass is 314 g/mol. The lowest BCUT2D eigenvalue weighted by atomic mass is 10.1. The molecular formula is C14H22N2O4S. The highest BCUT2D eigenvalue weighted by atomic mass is 32.2. The van der Waals surface area contributed by atoms with Crippen LogP contribution < -0.4 is 10.5 Å². The molecule has 7 heteroatoms. The van der Waals surface area contributed by atoms with Crippen molar-refractivity contribution in [2.24, 2.45) is 11.7 Å². The summed E-state index contributed by atoms with van der Waals surface area (Å²) in [5.41, 5.74) is 6.41. The number of nitrogens with two attached hydrogens (primary N) is 1. The minimum Gasteiger partial charge on any atom is -0.495 e. The molecule has 1 aliphatic rings. The zero-order valence-corrected chi connectivity index (χ0v) is 13.2. The number of rotatable bonds is 6. The molecule has 1 unspecified atom stereocenters. The van der Waals surface area contributed by atoms with E-state index in [1.807, 2.05) is 0 Å². The average Bonchev–Trinajstić information content (AvgIpc) is 2.96. The number of nitrogens with zero attached hydrogens (tertiary/aromatic N) is 1. The summed E-state index contributed by atoms with van der Waals surface area (Å²) in [6, 6.07) is 4.97. The number of methoxy groups -OCH3 is 2. The molecule has 0 spiro atoms. The second-order valence-corrected chi connectivity index (χ2v) is 7.07. The van der Waals surface area contributed by atoms with E-state index in [1.165, 1.54) is 11.4 Å². The molecule has 0 aliphatic carbocycles. The smallest absolute Gasteiger partial charge is 0.246 e. The van der Waals surface area contributed by atoms with Crippen LogP contribution in [0.25, 0.3) is 0 Å². The van der Waals surface area contributed by atoms with Crippen LogP contribution in [0.1, 0.15) is 12.0 Å². The number of hydrogen-bond donors (Lipinski definition) is 1. The Labute approximate surface area is 125 Å². The van der Waals surface area contributed by atoms with E-state index in [0.717, 1.165) is 12.0 Å². The number of ether oxygens (including phenoxy) is 2. The minimum absolute atomic E-state index is 0.195. The highest BCUT2D eigenvalue weighted by molar-refractivity contribution is 7.89. The first-order valence-electron chi connectivity index (χ1n) is 6.89. The van der Waals surface area contributed by atoms with Gasteiger partial charge < -0.3 is 15.2 Å². The van der Waals surface area contributed by atoms with Crippen LogP contribution >= 0.6 is 0 Å². The van der Waals surface area contributed by atoms with Gasteiger partial charge in [-0.05, 0) is 30.0 Å². The largest absolute Gasteiger partial charge is 0.495 e. The molecule has 1 aliphatic heterocycles. The van der Waals surface area contributed by atoms with Crippen molar-refractivity contribution >= 4 is 10.0 Å². The van der Waals surface area contributed by atoms with Crippen LogP contribution in [0.15, 0.2) is 23.1 Å². The molecule has 0 radical (unpaired) electrons. The van der Waals surface area contributed by atoms with Crippen molar-refractivity contribution in [1.29, 1.82) is 0 Å². The SMILES string of the molecule is COCC1CCN(S(=O)(=O)c2ccc(CN)cc2OC)C1. The zero-order chi connectivity index (χ0) is 15.5. The van der Waals surface area contributed by atoms with Crippen molar-refractivity contribution in [1.82, 2.24) is 4.31 Å². The van der Waals surface area contributed by atoms with Crippen molar-refractivity contribution in [3.05, 3.63) is 23.8 Å². The quantitative estimate of drug-likeness (QED) is 0.840. The van der Waals surface area contributed by atoms with Gasteiger partial charge in [-0.25, -0.2) is 8.42 Å². The van der Waals surface area contributed by atoms with E-state index < -0.39 is 10.0 Å². The fraction of sp³-hybridized carbons (Fsp3) is 0.571. The number of benzene rings is 1. The van der Waals surface area contributed by atoms with Crippen molar-refractivity contribution < 1.29 is 17.9 Å². The first kappa shape index (κ1) is 16.2. The van der Waals surface area contributed by atoms with Gasteiger partial charge in [0.2, 0.25) is 10.0 Å². The van der Waals surface area contributed by atoms with E-state index in [2.05, 4.69) is 0 Å². The van der Waals surface area contributed by atoms with Crippen LogP contribution in [-0.2, 0) is 21.3 Å². The van der Waals surface area contributed by atoms with Gasteiger partial charge in [-0.3, -0.25) is 0 Å². The van der Waals surface area contributed by atoms with Crippen molar-refractivity contribution in [2.75, 3.05) is 33.9 Å². The Hall–Kier alpha value is -1.15. The van der Waals surface area contributed by atoms with Gasteiger partial charge in [0.15, 0.2) is 0 Å². The predicted molar refractivity (Wildman–Crippen MR) is 79.6 cm³/mol. The van der Waals surface area contributed by atoms with Gasteiger partial charge in [-0.1, -0.05) is 6.07 Å². The molecule has 1 heterocycles. The highest BCUT2D eigenvalue weighted by Crippen LogP contribution is 2.31. The molecule has 0 aromatic heterocycles. The zero-order valence-electron chi connectivity index (χ0n) is 12.4. The van der Waals surface area contributed by atoms with Gasteiger partial charge >= 0.3 is 0 Å². The molecule has 0 saturated carbocycles. The van der Waals surface area contributed by atoms with E-state index in [4.69, 9.17) is 15.2 Å². The van der Waals surface area contributed by atoms with Gasteiger partial charge in [-0.2, -0.15) is 4.31 Å². The van der Waals surface area contributed by atoms with E-state index in [0.29, 0.717) is 32.0 Å². The lowest BCUT2D eigenvalue weighted by Gasteiger charge is -2.18. The molecule has 6 nitrogen and oxygen atoms in total. The lowest BCUT2D eigenvalue weighted by molar-refractivity contribution is 0.157. The van der Waals surface area contributed by atoms with E-state index in [9.17, 15) is 8.42 Å². The second-order valence-electron chi connectivity index (χ2n) is 5.16. The van der Waals surface area contributed by atoms with Crippen molar-refractivity contribution in [3.8, 4) is 5.75 Å². The highest BCUT2D eigenvalue weighted by Gasteiger charge is 2.34. The molecule has 1 atom stereocenters. The Morgan fingerprint density at radius 1 is 1.38 bits per heavy atom. The number of hydrogen-bond acceptors (Lipinski definition) is 5. The fourth-order valence-corrected chi connectivity index (χ4v) is 4.25. The normalized spacial score (nSPS) is 19.9. The van der Waals surface area contributed by atoms with Gasteiger partial charge in [-0.15, -0.1) is 0 Å². The average molecular weight is 314 g/mol. The maximum absolute atomic E-state index is 12.7. The Morgan fingerprint density at radius 2 is 2.14 bits per heavy atom. The first-order valence-corrected chi connectivity index (χ1v) is 8.33. The van der Waals surface area contributed by atoms with Gasteiger partial charge in [0.05, 0.1) is 13.7 Å². The van der Waals surface area contributed by atoms with Crippen LogP contribution in [0.4, 0.5) is 0 Å². The summed E-state index contributed by atoms with van der Waals surface area (Å²) in [6.07, 6.45) is 0.816.